The summed E-state index contributed by atoms with van der Waals surface area (Å²) < 4.78 is 5.16. The SMILES string of the molecule is COC(C)CN1CC(=O)NC2(CCCC2)C1=O. The molecule has 1 aliphatic carbocycles. The molecular weight excluding hydrogens is 220 g/mol. The molecule has 0 aromatic heterocycles. The molecule has 17 heavy (non-hydrogen) atoms. The normalized spacial score (nSPS) is 25.2. The summed E-state index contributed by atoms with van der Waals surface area (Å²) in [4.78, 5) is 25.7. The highest BCUT2D eigenvalue weighted by molar-refractivity contribution is 5.98. The van der Waals surface area contributed by atoms with Gasteiger partial charge in [0.2, 0.25) is 11.8 Å². The minimum absolute atomic E-state index is 0.0386. The average molecular weight is 240 g/mol. The molecule has 1 saturated heterocycles. The molecule has 1 aliphatic heterocycles. The first-order valence-electron chi connectivity index (χ1n) is 6.20. The maximum absolute atomic E-state index is 12.4. The van der Waals surface area contributed by atoms with Crippen molar-refractivity contribution in [1.29, 1.82) is 0 Å². The van der Waals surface area contributed by atoms with Gasteiger partial charge >= 0.3 is 0 Å². The summed E-state index contributed by atoms with van der Waals surface area (Å²) in [6.45, 7) is 2.56. The van der Waals surface area contributed by atoms with Crippen molar-refractivity contribution in [2.24, 2.45) is 0 Å². The van der Waals surface area contributed by atoms with Crippen LogP contribution >= 0.6 is 0 Å². The second-order valence-corrected chi connectivity index (χ2v) is 5.07. The van der Waals surface area contributed by atoms with Gasteiger partial charge in [0.05, 0.1) is 12.6 Å². The van der Waals surface area contributed by atoms with Crippen LogP contribution in [-0.2, 0) is 14.3 Å². The molecule has 2 fully saturated rings. The first kappa shape index (κ1) is 12.4. The number of amides is 2. The van der Waals surface area contributed by atoms with Crippen molar-refractivity contribution in [3.05, 3.63) is 0 Å². The lowest BCUT2D eigenvalue weighted by molar-refractivity contribution is -0.151. The zero-order valence-electron chi connectivity index (χ0n) is 10.5. The Morgan fingerprint density at radius 2 is 2.06 bits per heavy atom. The Hall–Kier alpha value is -1.10. The smallest absolute Gasteiger partial charge is 0.248 e. The molecule has 2 amide bonds. The zero-order chi connectivity index (χ0) is 12.5. The van der Waals surface area contributed by atoms with Gasteiger partial charge in [0.25, 0.3) is 0 Å². The number of nitrogens with one attached hydrogen (secondary N) is 1. The molecule has 0 aromatic rings. The van der Waals surface area contributed by atoms with E-state index in [9.17, 15) is 9.59 Å². The van der Waals surface area contributed by atoms with Crippen molar-refractivity contribution >= 4 is 11.8 Å². The van der Waals surface area contributed by atoms with E-state index in [0.717, 1.165) is 25.7 Å². The second kappa shape index (κ2) is 4.64. The van der Waals surface area contributed by atoms with Gasteiger partial charge in [-0.1, -0.05) is 12.8 Å². The van der Waals surface area contributed by atoms with E-state index in [2.05, 4.69) is 5.32 Å². The van der Waals surface area contributed by atoms with E-state index < -0.39 is 5.54 Å². The minimum Gasteiger partial charge on any atom is -0.380 e. The van der Waals surface area contributed by atoms with Crippen LogP contribution in [-0.4, -0.2) is 48.6 Å². The topological polar surface area (TPSA) is 58.6 Å². The van der Waals surface area contributed by atoms with Gasteiger partial charge < -0.3 is 15.0 Å². The van der Waals surface area contributed by atoms with Crippen LogP contribution in [0.4, 0.5) is 0 Å². The van der Waals surface area contributed by atoms with Gasteiger partial charge in [0.15, 0.2) is 0 Å². The van der Waals surface area contributed by atoms with Crippen molar-refractivity contribution < 1.29 is 14.3 Å². The number of carbonyl (C=O) groups is 2. The number of nitrogens with zero attached hydrogens (tertiary/aromatic N) is 1. The van der Waals surface area contributed by atoms with E-state index in [-0.39, 0.29) is 24.5 Å². The third kappa shape index (κ3) is 2.29. The second-order valence-electron chi connectivity index (χ2n) is 5.07. The van der Waals surface area contributed by atoms with Crippen LogP contribution in [0, 0.1) is 0 Å². The molecule has 0 radical (unpaired) electrons. The fourth-order valence-electron chi connectivity index (χ4n) is 2.76. The molecule has 1 atom stereocenters. The molecular formula is C12H20N2O3. The standard InChI is InChI=1S/C12H20N2O3/c1-9(17-2)7-14-8-10(15)13-12(11(14)16)5-3-4-6-12/h9H,3-8H2,1-2H3,(H,13,15). The maximum atomic E-state index is 12.4. The Morgan fingerprint density at radius 3 is 2.65 bits per heavy atom. The number of hydrogen-bond acceptors (Lipinski definition) is 3. The average Bonchev–Trinajstić information content (AvgIpc) is 2.74. The summed E-state index contributed by atoms with van der Waals surface area (Å²) in [6.07, 6.45) is 3.54. The minimum atomic E-state index is -0.608. The van der Waals surface area contributed by atoms with Crippen LogP contribution < -0.4 is 5.32 Å². The monoisotopic (exact) mass is 240 g/mol. The van der Waals surface area contributed by atoms with E-state index in [0.29, 0.717) is 6.54 Å². The predicted octanol–water partition coefficient (Wildman–Crippen LogP) is 0.292. The Bertz CT molecular complexity index is 324. The van der Waals surface area contributed by atoms with Crippen molar-refractivity contribution in [3.63, 3.8) is 0 Å². The third-order valence-corrected chi connectivity index (χ3v) is 3.75. The Kier molecular flexibility index (Phi) is 3.38. The highest BCUT2D eigenvalue weighted by atomic mass is 16.5. The summed E-state index contributed by atoms with van der Waals surface area (Å²) in [6, 6.07) is 0. The fourth-order valence-corrected chi connectivity index (χ4v) is 2.76. The molecule has 1 spiro atoms. The summed E-state index contributed by atoms with van der Waals surface area (Å²) in [5.41, 5.74) is -0.608. The molecule has 1 N–H and O–H groups in total. The number of piperazine rings is 1. The van der Waals surface area contributed by atoms with Crippen molar-refractivity contribution in [1.82, 2.24) is 10.2 Å². The van der Waals surface area contributed by atoms with Crippen LogP contribution in [0.15, 0.2) is 0 Å². The largest absolute Gasteiger partial charge is 0.380 e. The van der Waals surface area contributed by atoms with E-state index in [1.807, 2.05) is 6.92 Å². The molecule has 1 saturated carbocycles. The molecule has 1 unspecified atom stereocenters. The van der Waals surface area contributed by atoms with E-state index in [1.54, 1.807) is 12.0 Å². The van der Waals surface area contributed by atoms with Gasteiger partial charge in [0.1, 0.15) is 5.54 Å². The molecule has 2 rings (SSSR count). The lowest BCUT2D eigenvalue weighted by Gasteiger charge is -2.40. The molecule has 0 bridgehead atoms. The molecule has 1 heterocycles. The van der Waals surface area contributed by atoms with Crippen molar-refractivity contribution in [3.8, 4) is 0 Å². The number of ether oxygens (including phenoxy) is 1. The Labute approximate surface area is 101 Å². The summed E-state index contributed by atoms with van der Waals surface area (Å²) in [5, 5.41) is 2.89. The quantitative estimate of drug-likeness (QED) is 0.771. The first-order chi connectivity index (χ1) is 8.07. The van der Waals surface area contributed by atoms with Gasteiger partial charge in [-0.2, -0.15) is 0 Å². The summed E-state index contributed by atoms with van der Waals surface area (Å²) >= 11 is 0. The van der Waals surface area contributed by atoms with Crippen LogP contribution in [0.3, 0.4) is 0 Å². The van der Waals surface area contributed by atoms with Crippen LogP contribution in [0.25, 0.3) is 0 Å². The molecule has 96 valence electrons. The fraction of sp³-hybridized carbons (Fsp3) is 0.833. The van der Waals surface area contributed by atoms with E-state index in [1.165, 1.54) is 0 Å². The maximum Gasteiger partial charge on any atom is 0.248 e. The van der Waals surface area contributed by atoms with Gasteiger partial charge in [-0.05, 0) is 19.8 Å². The lowest BCUT2D eigenvalue weighted by Crippen LogP contribution is -2.66. The molecule has 0 aromatic carbocycles. The highest BCUT2D eigenvalue weighted by Gasteiger charge is 2.48. The number of hydrogen-bond donors (Lipinski definition) is 1. The van der Waals surface area contributed by atoms with E-state index in [4.69, 9.17) is 4.74 Å². The molecule has 5 heteroatoms. The van der Waals surface area contributed by atoms with Crippen molar-refractivity contribution in [2.75, 3.05) is 20.2 Å². The van der Waals surface area contributed by atoms with Gasteiger partial charge in [-0.25, -0.2) is 0 Å². The van der Waals surface area contributed by atoms with Crippen molar-refractivity contribution in [2.45, 2.75) is 44.2 Å². The number of carbonyl (C=O) groups excluding carboxylic acids is 2. The van der Waals surface area contributed by atoms with E-state index >= 15 is 0 Å². The third-order valence-electron chi connectivity index (χ3n) is 3.75. The molecule has 5 nitrogen and oxygen atoms in total. The predicted molar refractivity (Wildman–Crippen MR) is 62.4 cm³/mol. The highest BCUT2D eigenvalue weighted by Crippen LogP contribution is 2.33. The zero-order valence-corrected chi connectivity index (χ0v) is 10.5. The lowest BCUT2D eigenvalue weighted by atomic mass is 9.93. The Balaban J connectivity index is 2.11. The van der Waals surface area contributed by atoms with Gasteiger partial charge in [-0.15, -0.1) is 0 Å². The van der Waals surface area contributed by atoms with Gasteiger partial charge in [-0.3, -0.25) is 9.59 Å². The first-order valence-corrected chi connectivity index (χ1v) is 6.20. The van der Waals surface area contributed by atoms with Crippen LogP contribution in [0.5, 0.6) is 0 Å². The van der Waals surface area contributed by atoms with Crippen LogP contribution in [0.1, 0.15) is 32.6 Å². The van der Waals surface area contributed by atoms with Crippen LogP contribution in [0.2, 0.25) is 0 Å². The Morgan fingerprint density at radius 1 is 1.41 bits per heavy atom. The molecule has 2 aliphatic rings. The number of rotatable bonds is 3. The summed E-state index contributed by atoms with van der Waals surface area (Å²) in [7, 11) is 1.62. The van der Waals surface area contributed by atoms with Gasteiger partial charge in [0, 0.05) is 13.7 Å². The number of methoxy groups -OCH3 is 1. The summed E-state index contributed by atoms with van der Waals surface area (Å²) in [5.74, 6) is 0.0216.